The Bertz CT molecular complexity index is 813. The van der Waals surface area contributed by atoms with Crippen LogP contribution in [-0.2, 0) is 10.5 Å². The van der Waals surface area contributed by atoms with E-state index in [1.807, 2.05) is 30.3 Å². The first-order chi connectivity index (χ1) is 14.0. The number of rotatable bonds is 8. The van der Waals surface area contributed by atoms with Gasteiger partial charge in [-0.05, 0) is 24.7 Å². The van der Waals surface area contributed by atoms with E-state index in [1.165, 1.54) is 11.8 Å². The summed E-state index contributed by atoms with van der Waals surface area (Å²) in [6.45, 7) is 4.87. The number of likely N-dealkylation sites (N-methyl/N-ethyl adjacent to an activating group) is 1. The molecule has 0 atom stereocenters. The fourth-order valence-electron chi connectivity index (χ4n) is 2.92. The number of carbonyl (C=O) groups is 1. The van der Waals surface area contributed by atoms with Gasteiger partial charge in [0.15, 0.2) is 5.16 Å². The van der Waals surface area contributed by atoms with E-state index in [2.05, 4.69) is 32.1 Å². The average Bonchev–Trinajstić information content (AvgIpc) is 2.73. The van der Waals surface area contributed by atoms with Crippen molar-refractivity contribution in [3.8, 4) is 0 Å². The average molecular weight is 436 g/mol. The first-order valence-electron chi connectivity index (χ1n) is 9.52. The highest BCUT2D eigenvalue weighted by atomic mass is 35.5. The lowest BCUT2D eigenvalue weighted by Gasteiger charge is -2.33. The SMILES string of the molecule is COCCNC(=O)c1ccc(CSc2nc(Cl)cc(N3CCN(C)CC3)n2)cc1. The maximum absolute atomic E-state index is 12.0. The number of ether oxygens (including phenoxy) is 1. The van der Waals surface area contributed by atoms with Gasteiger partial charge in [0.25, 0.3) is 5.91 Å². The second-order valence-electron chi connectivity index (χ2n) is 6.86. The topological polar surface area (TPSA) is 70.6 Å². The van der Waals surface area contributed by atoms with Crippen LogP contribution in [0.5, 0.6) is 0 Å². The van der Waals surface area contributed by atoms with Crippen molar-refractivity contribution in [3.05, 3.63) is 46.6 Å². The van der Waals surface area contributed by atoms with Crippen LogP contribution in [0.25, 0.3) is 0 Å². The zero-order chi connectivity index (χ0) is 20.6. The Morgan fingerprint density at radius 1 is 1.21 bits per heavy atom. The molecule has 2 aromatic rings. The Kier molecular flexibility index (Phi) is 8.11. The molecule has 0 aliphatic carbocycles. The third-order valence-electron chi connectivity index (χ3n) is 4.66. The number of hydrogen-bond acceptors (Lipinski definition) is 7. The maximum atomic E-state index is 12.0. The molecule has 0 bridgehead atoms. The molecule has 1 saturated heterocycles. The van der Waals surface area contributed by atoms with Crippen molar-refractivity contribution in [1.82, 2.24) is 20.2 Å². The van der Waals surface area contributed by atoms with Crippen LogP contribution in [0.1, 0.15) is 15.9 Å². The Morgan fingerprint density at radius 2 is 1.93 bits per heavy atom. The minimum absolute atomic E-state index is 0.101. The first kappa shape index (κ1) is 21.8. The molecule has 0 saturated carbocycles. The molecule has 3 rings (SSSR count). The molecule has 156 valence electrons. The fraction of sp³-hybridized carbons (Fsp3) is 0.450. The largest absolute Gasteiger partial charge is 0.383 e. The van der Waals surface area contributed by atoms with Gasteiger partial charge in [0, 0.05) is 57.2 Å². The fourth-order valence-corrected chi connectivity index (χ4v) is 3.95. The van der Waals surface area contributed by atoms with Crippen LogP contribution >= 0.6 is 23.4 Å². The number of anilines is 1. The van der Waals surface area contributed by atoms with Crippen LogP contribution in [0.3, 0.4) is 0 Å². The van der Waals surface area contributed by atoms with Crippen molar-refractivity contribution >= 4 is 35.1 Å². The Hall–Kier alpha value is -1.87. The maximum Gasteiger partial charge on any atom is 0.251 e. The molecule has 2 heterocycles. The van der Waals surface area contributed by atoms with Gasteiger partial charge in [0.05, 0.1) is 6.61 Å². The molecule has 7 nitrogen and oxygen atoms in total. The first-order valence-corrected chi connectivity index (χ1v) is 10.9. The standard InChI is InChI=1S/C20H26ClN5O2S/c1-25-8-10-26(11-9-25)18-13-17(21)23-20(24-18)29-14-15-3-5-16(6-4-15)19(27)22-7-12-28-2/h3-6,13H,7-12,14H2,1-2H3,(H,22,27). The van der Waals surface area contributed by atoms with Crippen LogP contribution in [0.4, 0.5) is 5.82 Å². The van der Waals surface area contributed by atoms with E-state index in [0.29, 0.717) is 34.8 Å². The van der Waals surface area contributed by atoms with E-state index in [1.54, 1.807) is 7.11 Å². The van der Waals surface area contributed by atoms with Gasteiger partial charge in [-0.2, -0.15) is 0 Å². The molecule has 1 amide bonds. The minimum atomic E-state index is -0.101. The Labute approximate surface area is 180 Å². The number of piperazine rings is 1. The van der Waals surface area contributed by atoms with E-state index in [4.69, 9.17) is 16.3 Å². The summed E-state index contributed by atoms with van der Waals surface area (Å²) in [5.41, 5.74) is 1.72. The van der Waals surface area contributed by atoms with E-state index in [-0.39, 0.29) is 5.91 Å². The van der Waals surface area contributed by atoms with Crippen molar-refractivity contribution in [2.75, 3.05) is 58.4 Å². The van der Waals surface area contributed by atoms with E-state index < -0.39 is 0 Å². The van der Waals surface area contributed by atoms with Crippen LogP contribution < -0.4 is 10.2 Å². The smallest absolute Gasteiger partial charge is 0.251 e. The number of halogens is 1. The van der Waals surface area contributed by atoms with Crippen molar-refractivity contribution in [2.24, 2.45) is 0 Å². The van der Waals surface area contributed by atoms with Gasteiger partial charge in [-0.1, -0.05) is 35.5 Å². The summed E-state index contributed by atoms with van der Waals surface area (Å²) >= 11 is 7.77. The van der Waals surface area contributed by atoms with Crippen LogP contribution in [0, 0.1) is 0 Å². The lowest BCUT2D eigenvalue weighted by atomic mass is 10.1. The number of carbonyl (C=O) groups excluding carboxylic acids is 1. The van der Waals surface area contributed by atoms with Crippen molar-refractivity contribution < 1.29 is 9.53 Å². The molecular formula is C20H26ClN5O2S. The van der Waals surface area contributed by atoms with Gasteiger partial charge < -0.3 is 19.9 Å². The summed E-state index contributed by atoms with van der Waals surface area (Å²) in [5.74, 6) is 1.48. The molecular weight excluding hydrogens is 410 g/mol. The van der Waals surface area contributed by atoms with Crippen LogP contribution in [0.15, 0.2) is 35.5 Å². The summed E-state index contributed by atoms with van der Waals surface area (Å²) in [5, 5.41) is 3.93. The van der Waals surface area contributed by atoms with Crippen LogP contribution in [-0.4, -0.2) is 74.3 Å². The number of amides is 1. The third-order valence-corrected chi connectivity index (χ3v) is 5.78. The predicted molar refractivity (Wildman–Crippen MR) is 117 cm³/mol. The van der Waals surface area contributed by atoms with Crippen molar-refractivity contribution in [2.45, 2.75) is 10.9 Å². The lowest BCUT2D eigenvalue weighted by molar-refractivity contribution is 0.0937. The third kappa shape index (κ3) is 6.57. The molecule has 1 aromatic heterocycles. The lowest BCUT2D eigenvalue weighted by Crippen LogP contribution is -2.44. The van der Waals surface area contributed by atoms with Crippen LogP contribution in [0.2, 0.25) is 5.15 Å². The van der Waals surface area contributed by atoms with Gasteiger partial charge in [0.2, 0.25) is 0 Å². The zero-order valence-electron chi connectivity index (χ0n) is 16.7. The second-order valence-corrected chi connectivity index (χ2v) is 8.19. The zero-order valence-corrected chi connectivity index (χ0v) is 18.3. The summed E-state index contributed by atoms with van der Waals surface area (Å²) in [4.78, 5) is 25.6. The van der Waals surface area contributed by atoms with Gasteiger partial charge in [-0.25, -0.2) is 9.97 Å². The molecule has 1 fully saturated rings. The molecule has 1 N–H and O–H groups in total. The number of thioether (sulfide) groups is 1. The summed E-state index contributed by atoms with van der Waals surface area (Å²) in [6.07, 6.45) is 0. The van der Waals surface area contributed by atoms with Gasteiger partial charge in [-0.3, -0.25) is 4.79 Å². The molecule has 1 aliphatic rings. The Morgan fingerprint density at radius 3 is 2.62 bits per heavy atom. The normalized spacial score (nSPS) is 14.8. The predicted octanol–water partition coefficient (Wildman–Crippen LogP) is 2.55. The van der Waals surface area contributed by atoms with Gasteiger partial charge >= 0.3 is 0 Å². The van der Waals surface area contributed by atoms with Crippen molar-refractivity contribution in [3.63, 3.8) is 0 Å². The van der Waals surface area contributed by atoms with Gasteiger partial charge in [-0.15, -0.1) is 0 Å². The number of benzene rings is 1. The monoisotopic (exact) mass is 435 g/mol. The summed E-state index contributed by atoms with van der Waals surface area (Å²) in [7, 11) is 3.73. The molecule has 1 aliphatic heterocycles. The molecule has 1 aromatic carbocycles. The quantitative estimate of drug-likeness (QED) is 0.295. The Balaban J connectivity index is 1.57. The summed E-state index contributed by atoms with van der Waals surface area (Å²) in [6, 6.07) is 9.38. The highest BCUT2D eigenvalue weighted by molar-refractivity contribution is 7.98. The highest BCUT2D eigenvalue weighted by Crippen LogP contribution is 2.25. The van der Waals surface area contributed by atoms with E-state index >= 15 is 0 Å². The van der Waals surface area contributed by atoms with Gasteiger partial charge in [0.1, 0.15) is 11.0 Å². The molecule has 0 spiro atoms. The number of nitrogens with zero attached hydrogens (tertiary/aromatic N) is 4. The molecule has 29 heavy (non-hydrogen) atoms. The molecule has 0 radical (unpaired) electrons. The second kappa shape index (κ2) is 10.8. The summed E-state index contributed by atoms with van der Waals surface area (Å²) < 4.78 is 4.94. The molecule has 9 heteroatoms. The minimum Gasteiger partial charge on any atom is -0.383 e. The number of nitrogens with one attached hydrogen (secondary N) is 1. The van der Waals surface area contributed by atoms with E-state index in [0.717, 1.165) is 37.6 Å². The number of hydrogen-bond donors (Lipinski definition) is 1. The molecule has 0 unspecified atom stereocenters. The number of aromatic nitrogens is 2. The highest BCUT2D eigenvalue weighted by Gasteiger charge is 2.17. The van der Waals surface area contributed by atoms with E-state index in [9.17, 15) is 4.79 Å². The van der Waals surface area contributed by atoms with Crippen molar-refractivity contribution in [1.29, 1.82) is 0 Å². The number of methoxy groups -OCH3 is 1.